The van der Waals surface area contributed by atoms with Gasteiger partial charge in [-0.25, -0.2) is 9.97 Å². The third-order valence-corrected chi connectivity index (χ3v) is 2.44. The summed E-state index contributed by atoms with van der Waals surface area (Å²) in [5.74, 6) is 0.376. The van der Waals surface area contributed by atoms with Crippen molar-refractivity contribution in [1.82, 2.24) is 9.97 Å². The van der Waals surface area contributed by atoms with Gasteiger partial charge in [0.1, 0.15) is 6.33 Å². The van der Waals surface area contributed by atoms with Gasteiger partial charge < -0.3 is 0 Å². The van der Waals surface area contributed by atoms with Gasteiger partial charge in [-0.05, 0) is 5.57 Å². The van der Waals surface area contributed by atoms with Gasteiger partial charge in [0.15, 0.2) is 0 Å². The van der Waals surface area contributed by atoms with Gasteiger partial charge in [-0.15, -0.1) is 0 Å². The molecule has 2 aliphatic rings. The maximum absolute atomic E-state index is 4.28. The molecule has 1 heterocycles. The molecule has 0 aliphatic heterocycles. The molecule has 0 aromatic carbocycles. The lowest BCUT2D eigenvalue weighted by molar-refractivity contribution is 1.03. The predicted molar refractivity (Wildman–Crippen MR) is 51.0 cm³/mol. The minimum atomic E-state index is 0.376. The van der Waals surface area contributed by atoms with Gasteiger partial charge in [-0.3, -0.25) is 0 Å². The summed E-state index contributed by atoms with van der Waals surface area (Å²) < 4.78 is 0. The van der Waals surface area contributed by atoms with E-state index in [0.717, 1.165) is 5.69 Å². The first-order valence-electron chi connectivity index (χ1n) is 4.32. The molecule has 2 bridgehead atoms. The number of allylic oxidation sites excluding steroid dienone is 6. The molecule has 62 valence electrons. The summed E-state index contributed by atoms with van der Waals surface area (Å²) in [6.07, 6.45) is 14.1. The van der Waals surface area contributed by atoms with Crippen LogP contribution >= 0.6 is 0 Å². The highest BCUT2D eigenvalue weighted by Crippen LogP contribution is 2.36. The fourth-order valence-corrected chi connectivity index (χ4v) is 1.82. The standard InChI is InChI=1S/C11H8N2/c1-2-4-9-5-8(3-1)10-6-12-7-13-11(9)10/h1-8H. The van der Waals surface area contributed by atoms with Crippen molar-refractivity contribution in [2.24, 2.45) is 0 Å². The van der Waals surface area contributed by atoms with Crippen molar-refractivity contribution in [2.45, 2.75) is 5.92 Å². The molecule has 1 atom stereocenters. The first-order valence-corrected chi connectivity index (χ1v) is 4.32. The molecule has 0 fully saturated rings. The lowest BCUT2D eigenvalue weighted by Gasteiger charge is -2.04. The Bertz CT molecular complexity index is 441. The van der Waals surface area contributed by atoms with Gasteiger partial charge in [0.25, 0.3) is 0 Å². The molecule has 1 unspecified atom stereocenters. The average Bonchev–Trinajstić information content (AvgIpc) is 2.35. The van der Waals surface area contributed by atoms with Crippen LogP contribution in [-0.2, 0) is 0 Å². The molecule has 1 aromatic heterocycles. The molecule has 3 rings (SSSR count). The van der Waals surface area contributed by atoms with E-state index >= 15 is 0 Å². The van der Waals surface area contributed by atoms with Crippen LogP contribution in [-0.4, -0.2) is 9.97 Å². The minimum absolute atomic E-state index is 0.376. The Kier molecular flexibility index (Phi) is 1.25. The molecule has 13 heavy (non-hydrogen) atoms. The number of fused-ring (bicyclic) bond motifs is 4. The highest BCUT2D eigenvalue weighted by atomic mass is 14.8. The second-order valence-electron chi connectivity index (χ2n) is 3.22. The summed E-state index contributed by atoms with van der Waals surface area (Å²) in [6.45, 7) is 0. The smallest absolute Gasteiger partial charge is 0.116 e. The number of nitrogens with zero attached hydrogens (tertiary/aromatic N) is 2. The van der Waals surface area contributed by atoms with E-state index in [9.17, 15) is 0 Å². The molecule has 0 amide bonds. The Labute approximate surface area is 76.3 Å². The fraction of sp³-hybridized carbons (Fsp3) is 0.0909. The molecule has 0 N–H and O–H groups in total. The maximum atomic E-state index is 4.28. The van der Waals surface area contributed by atoms with Crippen molar-refractivity contribution >= 4 is 5.57 Å². The molecule has 0 radical (unpaired) electrons. The van der Waals surface area contributed by atoms with Crippen LogP contribution in [0.5, 0.6) is 0 Å². The van der Waals surface area contributed by atoms with Gasteiger partial charge in [0.2, 0.25) is 0 Å². The Morgan fingerprint density at radius 3 is 3.23 bits per heavy atom. The second-order valence-corrected chi connectivity index (χ2v) is 3.22. The van der Waals surface area contributed by atoms with Crippen LogP contribution in [0.3, 0.4) is 0 Å². The predicted octanol–water partition coefficient (Wildman–Crippen LogP) is 2.08. The van der Waals surface area contributed by atoms with Crippen LogP contribution < -0.4 is 0 Å². The topological polar surface area (TPSA) is 25.8 Å². The van der Waals surface area contributed by atoms with E-state index in [4.69, 9.17) is 0 Å². The fourth-order valence-electron chi connectivity index (χ4n) is 1.82. The number of aromatic nitrogens is 2. The summed E-state index contributed by atoms with van der Waals surface area (Å²) in [5, 5.41) is 0. The van der Waals surface area contributed by atoms with Crippen molar-refractivity contribution in [2.75, 3.05) is 0 Å². The van der Waals surface area contributed by atoms with Crippen molar-refractivity contribution in [3.8, 4) is 0 Å². The van der Waals surface area contributed by atoms with Crippen molar-refractivity contribution < 1.29 is 0 Å². The van der Waals surface area contributed by atoms with E-state index < -0.39 is 0 Å². The van der Waals surface area contributed by atoms with Crippen LogP contribution in [0.25, 0.3) is 5.57 Å². The Hall–Kier alpha value is -1.70. The van der Waals surface area contributed by atoms with Crippen molar-refractivity contribution in [3.63, 3.8) is 0 Å². The summed E-state index contributed by atoms with van der Waals surface area (Å²) >= 11 is 0. The lowest BCUT2D eigenvalue weighted by Crippen LogP contribution is -1.94. The van der Waals surface area contributed by atoms with E-state index in [2.05, 4.69) is 40.3 Å². The Balaban J connectivity index is 2.28. The zero-order chi connectivity index (χ0) is 8.67. The monoisotopic (exact) mass is 168 g/mol. The van der Waals surface area contributed by atoms with Crippen molar-refractivity contribution in [3.05, 3.63) is 54.2 Å². The molecule has 1 aromatic rings. The third-order valence-electron chi connectivity index (χ3n) is 2.44. The lowest BCUT2D eigenvalue weighted by atomic mass is 10.0. The second kappa shape index (κ2) is 2.39. The van der Waals surface area contributed by atoms with Gasteiger partial charge in [-0.1, -0.05) is 30.4 Å². The molecule has 2 aliphatic carbocycles. The van der Waals surface area contributed by atoms with Crippen LogP contribution in [0.1, 0.15) is 17.2 Å². The third kappa shape index (κ3) is 0.886. The first-order chi connectivity index (χ1) is 6.45. The highest BCUT2D eigenvalue weighted by Gasteiger charge is 2.22. The quantitative estimate of drug-likeness (QED) is 0.592. The van der Waals surface area contributed by atoms with E-state index in [1.165, 1.54) is 11.1 Å². The van der Waals surface area contributed by atoms with Gasteiger partial charge in [0, 0.05) is 17.7 Å². The molecular weight excluding hydrogens is 160 g/mol. The van der Waals surface area contributed by atoms with E-state index in [-0.39, 0.29) is 0 Å². The van der Waals surface area contributed by atoms with Crippen LogP contribution in [0, 0.1) is 0 Å². The first kappa shape index (κ1) is 6.78. The van der Waals surface area contributed by atoms with E-state index in [0.29, 0.717) is 5.92 Å². The molecule has 0 spiro atoms. The molecule has 0 saturated heterocycles. The zero-order valence-corrected chi connectivity index (χ0v) is 7.01. The number of hydrogen-bond donors (Lipinski definition) is 0. The maximum Gasteiger partial charge on any atom is 0.116 e. The Morgan fingerprint density at radius 1 is 1.23 bits per heavy atom. The van der Waals surface area contributed by atoms with Crippen LogP contribution in [0.4, 0.5) is 0 Å². The van der Waals surface area contributed by atoms with Gasteiger partial charge in [-0.2, -0.15) is 0 Å². The van der Waals surface area contributed by atoms with Gasteiger partial charge in [0.05, 0.1) is 5.69 Å². The SMILES string of the molecule is C1=CC2=CC(C=C1)c1cncnc12. The summed E-state index contributed by atoms with van der Waals surface area (Å²) in [5.41, 5.74) is 3.52. The van der Waals surface area contributed by atoms with Crippen LogP contribution in [0.2, 0.25) is 0 Å². The largest absolute Gasteiger partial charge is 0.244 e. The highest BCUT2D eigenvalue weighted by molar-refractivity contribution is 5.80. The molecule has 0 saturated carbocycles. The van der Waals surface area contributed by atoms with E-state index in [1.807, 2.05) is 6.20 Å². The normalized spacial score (nSPS) is 22.5. The van der Waals surface area contributed by atoms with E-state index in [1.54, 1.807) is 6.33 Å². The van der Waals surface area contributed by atoms with Gasteiger partial charge >= 0.3 is 0 Å². The summed E-state index contributed by atoms with van der Waals surface area (Å²) in [7, 11) is 0. The van der Waals surface area contributed by atoms with Crippen LogP contribution in [0.15, 0.2) is 42.9 Å². The molecule has 2 nitrogen and oxygen atoms in total. The Morgan fingerprint density at radius 2 is 2.23 bits per heavy atom. The van der Waals surface area contributed by atoms with Crippen molar-refractivity contribution in [1.29, 1.82) is 0 Å². The summed E-state index contributed by atoms with van der Waals surface area (Å²) in [6, 6.07) is 0. The number of hydrogen-bond acceptors (Lipinski definition) is 2. The summed E-state index contributed by atoms with van der Waals surface area (Å²) in [4.78, 5) is 8.32. The zero-order valence-electron chi connectivity index (χ0n) is 7.01. The average molecular weight is 168 g/mol. The molecular formula is C11H8N2. The number of rotatable bonds is 0. The molecule has 2 heteroatoms. The minimum Gasteiger partial charge on any atom is -0.244 e.